The quantitative estimate of drug-likeness (QED) is 0.584. The number of nitrogens with one attached hydrogen (secondary N) is 1. The van der Waals surface area contributed by atoms with Gasteiger partial charge in [0.15, 0.2) is 5.72 Å². The summed E-state index contributed by atoms with van der Waals surface area (Å²) in [4.78, 5) is 6.29. The van der Waals surface area contributed by atoms with Gasteiger partial charge in [0, 0.05) is 46.6 Å². The first-order valence-electron chi connectivity index (χ1n) is 7.77. The van der Waals surface area contributed by atoms with Crippen LogP contribution in [0.4, 0.5) is 0 Å². The fraction of sp³-hybridized carbons (Fsp3) is 0.588. The van der Waals surface area contributed by atoms with Gasteiger partial charge in [0.1, 0.15) is 0 Å². The third-order valence-corrected chi connectivity index (χ3v) is 4.17. The number of hydrogen-bond donors (Lipinski definition) is 2. The van der Waals surface area contributed by atoms with E-state index in [1.165, 1.54) is 11.1 Å². The Balaban J connectivity index is 1.82. The molecule has 2 atom stereocenters. The van der Waals surface area contributed by atoms with Crippen molar-refractivity contribution >= 4 is 6.21 Å². The first kappa shape index (κ1) is 17.1. The number of methoxy groups -OCH3 is 1. The van der Waals surface area contributed by atoms with Crippen LogP contribution in [-0.2, 0) is 17.7 Å². The Kier molecular flexibility index (Phi) is 6.08. The van der Waals surface area contributed by atoms with E-state index < -0.39 is 11.8 Å². The van der Waals surface area contributed by atoms with E-state index >= 15 is 0 Å². The predicted octanol–water partition coefficient (Wildman–Crippen LogP) is 1.06. The molecular formula is C17H27N3O2. The van der Waals surface area contributed by atoms with Gasteiger partial charge in [-0.2, -0.15) is 0 Å². The van der Waals surface area contributed by atoms with E-state index in [2.05, 4.69) is 39.5 Å². The molecular weight excluding hydrogens is 278 g/mol. The zero-order valence-corrected chi connectivity index (χ0v) is 13.7. The van der Waals surface area contributed by atoms with E-state index in [1.807, 2.05) is 6.92 Å². The number of ether oxygens (including phenoxy) is 1. The maximum absolute atomic E-state index is 10.3. The van der Waals surface area contributed by atoms with Crippen molar-refractivity contribution in [1.82, 2.24) is 10.2 Å². The van der Waals surface area contributed by atoms with Crippen molar-refractivity contribution in [3.05, 3.63) is 35.4 Å². The van der Waals surface area contributed by atoms with Crippen molar-refractivity contribution in [2.75, 3.05) is 33.8 Å². The zero-order chi connectivity index (χ0) is 16.0. The Morgan fingerprint density at radius 3 is 2.86 bits per heavy atom. The maximum Gasteiger partial charge on any atom is 0.151 e. The Hall–Kier alpha value is -1.27. The summed E-state index contributed by atoms with van der Waals surface area (Å²) in [6.45, 7) is 4.92. The van der Waals surface area contributed by atoms with E-state index in [1.54, 1.807) is 20.4 Å². The number of aliphatic hydroxyl groups excluding tert-OH is 1. The molecule has 5 nitrogen and oxygen atoms in total. The van der Waals surface area contributed by atoms with E-state index in [-0.39, 0.29) is 0 Å². The van der Waals surface area contributed by atoms with Gasteiger partial charge in [0.05, 0.1) is 6.10 Å². The van der Waals surface area contributed by atoms with Crippen molar-refractivity contribution in [3.63, 3.8) is 0 Å². The molecule has 2 rings (SSSR count). The highest BCUT2D eigenvalue weighted by molar-refractivity contribution is 5.67. The summed E-state index contributed by atoms with van der Waals surface area (Å²) < 4.78 is 5.38. The SMILES string of the molecule is C/N=C\C(C)(NC[C@H](O)CN1CCc2ccccc2C1)OC. The van der Waals surface area contributed by atoms with Crippen LogP contribution in [0.2, 0.25) is 0 Å². The van der Waals surface area contributed by atoms with Gasteiger partial charge in [-0.25, -0.2) is 0 Å². The molecule has 1 aromatic rings. The molecule has 122 valence electrons. The van der Waals surface area contributed by atoms with Crippen molar-refractivity contribution in [2.45, 2.75) is 31.7 Å². The Morgan fingerprint density at radius 2 is 2.18 bits per heavy atom. The summed E-state index contributed by atoms with van der Waals surface area (Å²) in [5, 5.41) is 13.5. The number of benzene rings is 1. The molecule has 0 bridgehead atoms. The number of aliphatic imine (C=N–C) groups is 1. The second-order valence-electron chi connectivity index (χ2n) is 5.99. The van der Waals surface area contributed by atoms with Gasteiger partial charge in [-0.3, -0.25) is 15.2 Å². The molecule has 0 saturated carbocycles. The number of aliphatic hydroxyl groups is 1. The van der Waals surface area contributed by atoms with Gasteiger partial charge in [0.2, 0.25) is 0 Å². The Labute approximate surface area is 133 Å². The molecule has 0 aromatic heterocycles. The summed E-state index contributed by atoms with van der Waals surface area (Å²) in [5.74, 6) is 0. The smallest absolute Gasteiger partial charge is 0.151 e. The molecule has 1 aliphatic heterocycles. The third kappa shape index (κ3) is 4.61. The monoisotopic (exact) mass is 305 g/mol. The topological polar surface area (TPSA) is 57.1 Å². The number of β-amino-alcohol motifs (C(OH)–C–C–N with tert-alkyl or cyclic N) is 1. The molecule has 1 aromatic carbocycles. The molecule has 0 saturated heterocycles. The fourth-order valence-corrected chi connectivity index (χ4v) is 2.81. The van der Waals surface area contributed by atoms with Crippen molar-refractivity contribution in [2.24, 2.45) is 4.99 Å². The van der Waals surface area contributed by atoms with Crippen LogP contribution in [0.15, 0.2) is 29.3 Å². The first-order chi connectivity index (χ1) is 10.6. The standard InChI is InChI=1S/C17H27N3O2/c1-17(22-3,13-18-2)19-10-16(21)12-20-9-8-14-6-4-5-7-15(14)11-20/h4-7,13,16,19,21H,8-12H2,1-3H3/b18-13-/t16-,17?/m0/s1. The van der Waals surface area contributed by atoms with Gasteiger partial charge in [-0.15, -0.1) is 0 Å². The van der Waals surface area contributed by atoms with E-state index in [0.717, 1.165) is 19.5 Å². The number of nitrogens with zero attached hydrogens (tertiary/aromatic N) is 2. The van der Waals surface area contributed by atoms with Crippen LogP contribution >= 0.6 is 0 Å². The van der Waals surface area contributed by atoms with Gasteiger partial charge < -0.3 is 9.84 Å². The molecule has 0 amide bonds. The summed E-state index contributed by atoms with van der Waals surface area (Å²) in [6.07, 6.45) is 2.32. The average molecular weight is 305 g/mol. The van der Waals surface area contributed by atoms with Crippen LogP contribution in [0.5, 0.6) is 0 Å². The minimum Gasteiger partial charge on any atom is -0.390 e. The highest BCUT2D eigenvalue weighted by atomic mass is 16.5. The minimum absolute atomic E-state index is 0.440. The number of hydrogen-bond acceptors (Lipinski definition) is 5. The van der Waals surface area contributed by atoms with E-state index in [0.29, 0.717) is 13.1 Å². The van der Waals surface area contributed by atoms with Gasteiger partial charge in [0.25, 0.3) is 0 Å². The summed E-state index contributed by atoms with van der Waals surface area (Å²) in [5.41, 5.74) is 2.16. The first-order valence-corrected chi connectivity index (χ1v) is 7.77. The van der Waals surface area contributed by atoms with Crippen LogP contribution in [-0.4, -0.2) is 61.8 Å². The number of fused-ring (bicyclic) bond motifs is 1. The predicted molar refractivity (Wildman–Crippen MR) is 89.3 cm³/mol. The highest BCUT2D eigenvalue weighted by Crippen LogP contribution is 2.18. The van der Waals surface area contributed by atoms with Crippen LogP contribution in [0, 0.1) is 0 Å². The molecule has 2 N–H and O–H groups in total. The van der Waals surface area contributed by atoms with Crippen LogP contribution < -0.4 is 5.32 Å². The molecule has 1 unspecified atom stereocenters. The Morgan fingerprint density at radius 1 is 1.45 bits per heavy atom. The third-order valence-electron chi connectivity index (χ3n) is 4.17. The fourth-order valence-electron chi connectivity index (χ4n) is 2.81. The second-order valence-corrected chi connectivity index (χ2v) is 5.99. The average Bonchev–Trinajstić information content (AvgIpc) is 2.53. The maximum atomic E-state index is 10.3. The van der Waals surface area contributed by atoms with E-state index in [4.69, 9.17) is 4.74 Å². The molecule has 0 spiro atoms. The second kappa shape index (κ2) is 7.83. The normalized spacial score (nSPS) is 19.8. The van der Waals surface area contributed by atoms with Crippen LogP contribution in [0.3, 0.4) is 0 Å². The molecule has 1 aliphatic rings. The lowest BCUT2D eigenvalue weighted by molar-refractivity contribution is 0.0217. The van der Waals surface area contributed by atoms with Gasteiger partial charge in [-0.1, -0.05) is 24.3 Å². The molecule has 5 heteroatoms. The number of rotatable bonds is 7. The summed E-state index contributed by atoms with van der Waals surface area (Å²) in [7, 11) is 3.34. The molecule has 0 aliphatic carbocycles. The molecule has 0 fully saturated rings. The Bertz CT molecular complexity index is 506. The summed E-state index contributed by atoms with van der Waals surface area (Å²) >= 11 is 0. The van der Waals surface area contributed by atoms with Crippen LogP contribution in [0.1, 0.15) is 18.1 Å². The summed E-state index contributed by atoms with van der Waals surface area (Å²) in [6, 6.07) is 8.53. The van der Waals surface area contributed by atoms with Crippen molar-refractivity contribution in [3.8, 4) is 0 Å². The lowest BCUT2D eigenvalue weighted by Gasteiger charge is -2.32. The minimum atomic E-state index is -0.635. The van der Waals surface area contributed by atoms with E-state index in [9.17, 15) is 5.11 Å². The van der Waals surface area contributed by atoms with Crippen molar-refractivity contribution in [1.29, 1.82) is 0 Å². The van der Waals surface area contributed by atoms with Crippen LogP contribution in [0.25, 0.3) is 0 Å². The van der Waals surface area contributed by atoms with Gasteiger partial charge >= 0.3 is 0 Å². The van der Waals surface area contributed by atoms with Gasteiger partial charge in [-0.05, 0) is 24.5 Å². The highest BCUT2D eigenvalue weighted by Gasteiger charge is 2.23. The molecule has 1 heterocycles. The molecule has 0 radical (unpaired) electrons. The lowest BCUT2D eigenvalue weighted by atomic mass is 10.00. The molecule has 22 heavy (non-hydrogen) atoms. The zero-order valence-electron chi connectivity index (χ0n) is 13.7. The lowest BCUT2D eigenvalue weighted by Crippen LogP contribution is -2.50. The largest absolute Gasteiger partial charge is 0.390 e. The van der Waals surface area contributed by atoms with Crippen molar-refractivity contribution < 1.29 is 9.84 Å².